The van der Waals surface area contributed by atoms with Gasteiger partial charge in [-0.05, 0) is 31.0 Å². The standard InChI is InChI=1S/C17H23ClN2O5S/c1-20(2)26(23,24)12-7-8-14(18)13(11-12)15(21)19-17(16(22)25-3)9-5-4-6-10-17/h7-8,11H,4-6,9-10H2,1-3H3,(H,19,21). The van der Waals surface area contributed by atoms with Crippen LogP contribution in [0.5, 0.6) is 0 Å². The number of rotatable bonds is 5. The summed E-state index contributed by atoms with van der Waals surface area (Å²) in [6, 6.07) is 3.92. The molecule has 1 aliphatic rings. The maximum atomic E-state index is 12.8. The van der Waals surface area contributed by atoms with E-state index in [-0.39, 0.29) is 15.5 Å². The maximum absolute atomic E-state index is 12.8. The van der Waals surface area contributed by atoms with Crippen molar-refractivity contribution in [1.29, 1.82) is 0 Å². The SMILES string of the molecule is COC(=O)C1(NC(=O)c2cc(S(=O)(=O)N(C)C)ccc2Cl)CCCCC1. The predicted molar refractivity (Wildman–Crippen MR) is 97.6 cm³/mol. The summed E-state index contributed by atoms with van der Waals surface area (Å²) in [6.07, 6.45) is 3.50. The Morgan fingerprint density at radius 3 is 2.35 bits per heavy atom. The number of methoxy groups -OCH3 is 1. The van der Waals surface area contributed by atoms with E-state index in [1.54, 1.807) is 0 Å². The van der Waals surface area contributed by atoms with Gasteiger partial charge in [0.1, 0.15) is 5.54 Å². The summed E-state index contributed by atoms with van der Waals surface area (Å²) in [7, 11) is 0.365. The lowest BCUT2D eigenvalue weighted by atomic mass is 9.81. The summed E-state index contributed by atoms with van der Waals surface area (Å²) in [4.78, 5) is 25.0. The summed E-state index contributed by atoms with van der Waals surface area (Å²) >= 11 is 6.11. The molecule has 0 saturated heterocycles. The normalized spacial score (nSPS) is 17.0. The van der Waals surface area contributed by atoms with Gasteiger partial charge >= 0.3 is 5.97 Å². The number of nitrogens with zero attached hydrogens (tertiary/aromatic N) is 1. The van der Waals surface area contributed by atoms with Gasteiger partial charge in [0.25, 0.3) is 5.91 Å². The number of ether oxygens (including phenoxy) is 1. The third-order valence-corrected chi connectivity index (χ3v) is 6.74. The fraction of sp³-hybridized carbons (Fsp3) is 0.529. The number of sulfonamides is 1. The quantitative estimate of drug-likeness (QED) is 0.762. The molecule has 1 saturated carbocycles. The molecule has 1 amide bonds. The second-order valence-electron chi connectivity index (χ2n) is 6.52. The zero-order chi connectivity index (χ0) is 19.5. The second-order valence-corrected chi connectivity index (χ2v) is 9.08. The van der Waals surface area contributed by atoms with Gasteiger partial charge in [-0.3, -0.25) is 4.79 Å². The van der Waals surface area contributed by atoms with Crippen LogP contribution in [0, 0.1) is 0 Å². The molecule has 1 aliphatic carbocycles. The lowest BCUT2D eigenvalue weighted by molar-refractivity contribution is -0.149. The van der Waals surface area contributed by atoms with Crippen molar-refractivity contribution < 1.29 is 22.7 Å². The highest BCUT2D eigenvalue weighted by molar-refractivity contribution is 7.89. The van der Waals surface area contributed by atoms with Crippen molar-refractivity contribution in [1.82, 2.24) is 9.62 Å². The molecule has 1 aromatic carbocycles. The molecule has 0 unspecified atom stereocenters. The molecule has 0 aliphatic heterocycles. The van der Waals surface area contributed by atoms with Crippen molar-refractivity contribution >= 4 is 33.5 Å². The van der Waals surface area contributed by atoms with Crippen LogP contribution in [0.3, 0.4) is 0 Å². The van der Waals surface area contributed by atoms with Crippen molar-refractivity contribution in [2.24, 2.45) is 0 Å². The molecular weight excluding hydrogens is 380 g/mol. The van der Waals surface area contributed by atoms with E-state index in [1.807, 2.05) is 0 Å². The zero-order valence-electron chi connectivity index (χ0n) is 15.0. The van der Waals surface area contributed by atoms with E-state index in [1.165, 1.54) is 39.4 Å². The molecule has 1 N–H and O–H groups in total. The fourth-order valence-corrected chi connectivity index (χ4v) is 4.20. The molecule has 0 atom stereocenters. The number of nitrogens with one attached hydrogen (secondary N) is 1. The van der Waals surface area contributed by atoms with Gasteiger partial charge < -0.3 is 10.1 Å². The highest BCUT2D eigenvalue weighted by Crippen LogP contribution is 2.31. The van der Waals surface area contributed by atoms with Gasteiger partial charge in [-0.15, -0.1) is 0 Å². The first-order valence-electron chi connectivity index (χ1n) is 8.27. The molecular formula is C17H23ClN2O5S. The van der Waals surface area contributed by atoms with Crippen LogP contribution in [0.2, 0.25) is 5.02 Å². The predicted octanol–water partition coefficient (Wildman–Crippen LogP) is 2.20. The minimum absolute atomic E-state index is 0.00319. The molecule has 0 heterocycles. The summed E-state index contributed by atoms with van der Waals surface area (Å²) in [6.45, 7) is 0. The van der Waals surface area contributed by atoms with Crippen LogP contribution in [-0.2, 0) is 19.6 Å². The number of halogens is 1. The van der Waals surface area contributed by atoms with E-state index in [0.29, 0.717) is 12.8 Å². The van der Waals surface area contributed by atoms with Gasteiger partial charge in [0, 0.05) is 14.1 Å². The molecule has 0 spiro atoms. The molecule has 1 fully saturated rings. The second kappa shape index (κ2) is 7.94. The summed E-state index contributed by atoms with van der Waals surface area (Å²) < 4.78 is 30.5. The number of carbonyl (C=O) groups is 2. The minimum Gasteiger partial charge on any atom is -0.467 e. The highest BCUT2D eigenvalue weighted by Gasteiger charge is 2.42. The van der Waals surface area contributed by atoms with Crippen LogP contribution in [0.4, 0.5) is 0 Å². The van der Waals surface area contributed by atoms with Crippen LogP contribution < -0.4 is 5.32 Å². The lowest BCUT2D eigenvalue weighted by Crippen LogP contribution is -2.56. The molecule has 26 heavy (non-hydrogen) atoms. The third kappa shape index (κ3) is 4.02. The monoisotopic (exact) mass is 402 g/mol. The number of hydrogen-bond donors (Lipinski definition) is 1. The molecule has 9 heteroatoms. The Morgan fingerprint density at radius 1 is 1.19 bits per heavy atom. The molecule has 144 valence electrons. The average Bonchev–Trinajstić information content (AvgIpc) is 2.61. The van der Waals surface area contributed by atoms with Gasteiger partial charge in [-0.25, -0.2) is 17.5 Å². The Labute approximate surface area is 158 Å². The number of amides is 1. The first kappa shape index (κ1) is 20.7. The van der Waals surface area contributed by atoms with Crippen LogP contribution in [0.1, 0.15) is 42.5 Å². The van der Waals surface area contributed by atoms with E-state index in [2.05, 4.69) is 5.32 Å². The Bertz CT molecular complexity index is 801. The first-order valence-corrected chi connectivity index (χ1v) is 10.1. The smallest absolute Gasteiger partial charge is 0.331 e. The van der Waals surface area contributed by atoms with E-state index in [9.17, 15) is 18.0 Å². The zero-order valence-corrected chi connectivity index (χ0v) is 16.6. The van der Waals surface area contributed by atoms with Crippen LogP contribution in [0.25, 0.3) is 0 Å². The third-order valence-electron chi connectivity index (χ3n) is 4.60. The Kier molecular flexibility index (Phi) is 6.31. The van der Waals surface area contributed by atoms with Gasteiger partial charge in [-0.1, -0.05) is 30.9 Å². The summed E-state index contributed by atoms with van der Waals surface area (Å²) in [5.41, 5.74) is -1.10. The fourth-order valence-electron chi connectivity index (χ4n) is 3.07. The van der Waals surface area contributed by atoms with E-state index >= 15 is 0 Å². The van der Waals surface area contributed by atoms with Gasteiger partial charge in [0.05, 0.1) is 22.6 Å². The topological polar surface area (TPSA) is 92.8 Å². The van der Waals surface area contributed by atoms with Crippen molar-refractivity contribution in [3.05, 3.63) is 28.8 Å². The Balaban J connectivity index is 2.38. The molecule has 0 radical (unpaired) electrons. The van der Waals surface area contributed by atoms with Crippen molar-refractivity contribution in [2.75, 3.05) is 21.2 Å². The average molecular weight is 403 g/mol. The van der Waals surface area contributed by atoms with Gasteiger partial charge in [0.15, 0.2) is 0 Å². The van der Waals surface area contributed by atoms with E-state index < -0.39 is 27.4 Å². The van der Waals surface area contributed by atoms with Crippen molar-refractivity contribution in [3.63, 3.8) is 0 Å². The Hall–Kier alpha value is -1.64. The molecule has 0 bridgehead atoms. The molecule has 2 rings (SSSR count). The molecule has 7 nitrogen and oxygen atoms in total. The largest absolute Gasteiger partial charge is 0.467 e. The van der Waals surface area contributed by atoms with E-state index in [0.717, 1.165) is 23.6 Å². The highest BCUT2D eigenvalue weighted by atomic mass is 35.5. The van der Waals surface area contributed by atoms with Crippen LogP contribution in [0.15, 0.2) is 23.1 Å². The molecule has 1 aromatic rings. The number of benzene rings is 1. The first-order chi connectivity index (χ1) is 12.1. The lowest BCUT2D eigenvalue weighted by Gasteiger charge is -2.35. The van der Waals surface area contributed by atoms with Gasteiger partial charge in [0.2, 0.25) is 10.0 Å². The molecule has 0 aromatic heterocycles. The van der Waals surface area contributed by atoms with E-state index in [4.69, 9.17) is 16.3 Å². The minimum atomic E-state index is -3.72. The maximum Gasteiger partial charge on any atom is 0.331 e. The van der Waals surface area contributed by atoms with Crippen molar-refractivity contribution in [2.45, 2.75) is 42.5 Å². The Morgan fingerprint density at radius 2 is 1.81 bits per heavy atom. The van der Waals surface area contributed by atoms with Crippen molar-refractivity contribution in [3.8, 4) is 0 Å². The number of esters is 1. The number of carbonyl (C=O) groups excluding carboxylic acids is 2. The van der Waals surface area contributed by atoms with Crippen LogP contribution in [-0.4, -0.2) is 51.3 Å². The number of hydrogen-bond acceptors (Lipinski definition) is 5. The van der Waals surface area contributed by atoms with Gasteiger partial charge in [-0.2, -0.15) is 0 Å². The van der Waals surface area contributed by atoms with Crippen LogP contribution >= 0.6 is 11.6 Å². The summed E-state index contributed by atoms with van der Waals surface area (Å²) in [5.74, 6) is -1.10. The summed E-state index contributed by atoms with van der Waals surface area (Å²) in [5, 5.41) is 2.85.